The van der Waals surface area contributed by atoms with Crippen molar-refractivity contribution in [3.05, 3.63) is 0 Å². The normalized spacial score (nSPS) is 23.2. The predicted molar refractivity (Wildman–Crippen MR) is 72.7 cm³/mol. The van der Waals surface area contributed by atoms with Crippen LogP contribution >= 0.6 is 0 Å². The maximum absolute atomic E-state index is 3.45. The van der Waals surface area contributed by atoms with Gasteiger partial charge in [0.05, 0.1) is 0 Å². The fourth-order valence-corrected chi connectivity index (χ4v) is 3.10. The van der Waals surface area contributed by atoms with Crippen molar-refractivity contribution in [2.45, 2.75) is 78.2 Å². The number of hydrogen-bond donors (Lipinski definition) is 1. The molecule has 0 spiro atoms. The fraction of sp³-hybridized carbons (Fsp3) is 1.00. The van der Waals surface area contributed by atoms with E-state index in [1.807, 2.05) is 0 Å². The van der Waals surface area contributed by atoms with Crippen LogP contribution in [0, 0.1) is 11.3 Å². The van der Waals surface area contributed by atoms with Gasteiger partial charge < -0.3 is 5.32 Å². The Labute approximate surface area is 102 Å². The van der Waals surface area contributed by atoms with E-state index in [0.29, 0.717) is 11.5 Å². The van der Waals surface area contributed by atoms with Crippen LogP contribution in [0.5, 0.6) is 0 Å². The van der Waals surface area contributed by atoms with Gasteiger partial charge in [-0.3, -0.25) is 0 Å². The Hall–Kier alpha value is -0.0400. The maximum Gasteiger partial charge on any atom is 0.00895 e. The van der Waals surface area contributed by atoms with Gasteiger partial charge in [-0.25, -0.2) is 0 Å². The third kappa shape index (κ3) is 3.76. The first-order valence-electron chi connectivity index (χ1n) is 7.26. The first-order chi connectivity index (χ1) is 7.59. The lowest BCUT2D eigenvalue weighted by Crippen LogP contribution is -2.42. The van der Waals surface area contributed by atoms with Crippen molar-refractivity contribution in [1.82, 2.24) is 5.32 Å². The summed E-state index contributed by atoms with van der Waals surface area (Å²) in [7, 11) is 2.10. The molecule has 0 radical (unpaired) electrons. The van der Waals surface area contributed by atoms with Crippen LogP contribution in [0.25, 0.3) is 0 Å². The first-order valence-corrected chi connectivity index (χ1v) is 7.26. The van der Waals surface area contributed by atoms with Crippen molar-refractivity contribution in [1.29, 1.82) is 0 Å². The summed E-state index contributed by atoms with van der Waals surface area (Å²) < 4.78 is 0. The Morgan fingerprint density at radius 3 is 1.81 bits per heavy atom. The van der Waals surface area contributed by atoms with Gasteiger partial charge in [-0.1, -0.05) is 52.4 Å². The monoisotopic (exact) mass is 225 g/mol. The molecule has 1 atom stereocenters. The van der Waals surface area contributed by atoms with Crippen LogP contribution in [0.1, 0.15) is 72.1 Å². The SMILES string of the molecule is CNC(C)C(C)(C)C1CCCCCCCC1. The highest BCUT2D eigenvalue weighted by Crippen LogP contribution is 2.38. The molecule has 96 valence electrons. The first kappa shape index (κ1) is 14.0. The van der Waals surface area contributed by atoms with Crippen molar-refractivity contribution in [3.63, 3.8) is 0 Å². The fourth-order valence-electron chi connectivity index (χ4n) is 3.10. The average molecular weight is 225 g/mol. The molecule has 1 unspecified atom stereocenters. The Morgan fingerprint density at radius 2 is 1.38 bits per heavy atom. The van der Waals surface area contributed by atoms with E-state index >= 15 is 0 Å². The van der Waals surface area contributed by atoms with Crippen molar-refractivity contribution >= 4 is 0 Å². The molecule has 0 saturated heterocycles. The van der Waals surface area contributed by atoms with Crippen molar-refractivity contribution < 1.29 is 0 Å². The smallest absolute Gasteiger partial charge is 0.00895 e. The Morgan fingerprint density at radius 1 is 0.938 bits per heavy atom. The molecule has 0 amide bonds. The van der Waals surface area contributed by atoms with Crippen molar-refractivity contribution in [2.24, 2.45) is 11.3 Å². The molecular formula is C15H31N. The van der Waals surface area contributed by atoms with Gasteiger partial charge >= 0.3 is 0 Å². The zero-order chi connectivity index (χ0) is 12.0. The summed E-state index contributed by atoms with van der Waals surface area (Å²) in [5.74, 6) is 0.910. The standard InChI is InChI=1S/C15H31N/c1-13(16-4)15(2,3)14-11-9-7-5-6-8-10-12-14/h13-14,16H,5-12H2,1-4H3. The zero-order valence-corrected chi connectivity index (χ0v) is 11.8. The summed E-state index contributed by atoms with van der Waals surface area (Å²) >= 11 is 0. The molecular weight excluding hydrogens is 194 g/mol. The molecule has 0 aromatic rings. The minimum atomic E-state index is 0.444. The molecule has 1 aliphatic rings. The molecule has 0 aliphatic heterocycles. The number of rotatable bonds is 3. The number of hydrogen-bond acceptors (Lipinski definition) is 1. The van der Waals surface area contributed by atoms with Gasteiger partial charge in [0.1, 0.15) is 0 Å². The van der Waals surface area contributed by atoms with Gasteiger partial charge in [0.15, 0.2) is 0 Å². The van der Waals surface area contributed by atoms with Crippen LogP contribution in [0.2, 0.25) is 0 Å². The lowest BCUT2D eigenvalue weighted by molar-refractivity contribution is 0.133. The van der Waals surface area contributed by atoms with Gasteiger partial charge in [-0.05, 0) is 38.1 Å². The molecule has 1 N–H and O–H groups in total. The van der Waals surface area contributed by atoms with E-state index in [2.05, 4.69) is 33.1 Å². The maximum atomic E-state index is 3.45. The molecule has 1 rings (SSSR count). The Bertz CT molecular complexity index is 176. The van der Waals surface area contributed by atoms with Crippen LogP contribution in [0.3, 0.4) is 0 Å². The summed E-state index contributed by atoms with van der Waals surface area (Å²) in [6.07, 6.45) is 11.6. The summed E-state index contributed by atoms with van der Waals surface area (Å²) in [5.41, 5.74) is 0.444. The third-order valence-corrected chi connectivity index (χ3v) is 4.96. The Balaban J connectivity index is 2.58. The highest BCUT2D eigenvalue weighted by molar-refractivity contribution is 4.86. The van der Waals surface area contributed by atoms with Crippen molar-refractivity contribution in [2.75, 3.05) is 7.05 Å². The van der Waals surface area contributed by atoms with Crippen LogP contribution in [0.15, 0.2) is 0 Å². The molecule has 0 aromatic heterocycles. The quantitative estimate of drug-likeness (QED) is 0.752. The lowest BCUT2D eigenvalue weighted by Gasteiger charge is -2.39. The van der Waals surface area contributed by atoms with Gasteiger partial charge in [0.25, 0.3) is 0 Å². The van der Waals surface area contributed by atoms with E-state index in [1.54, 1.807) is 0 Å². The summed E-state index contributed by atoms with van der Waals surface area (Å²) in [6.45, 7) is 7.25. The van der Waals surface area contributed by atoms with Crippen molar-refractivity contribution in [3.8, 4) is 0 Å². The molecule has 0 heterocycles. The molecule has 0 aromatic carbocycles. The van der Waals surface area contributed by atoms with E-state index in [4.69, 9.17) is 0 Å². The number of nitrogens with one attached hydrogen (secondary N) is 1. The summed E-state index contributed by atoms with van der Waals surface area (Å²) in [4.78, 5) is 0. The van der Waals surface area contributed by atoms with E-state index in [0.717, 1.165) is 5.92 Å². The van der Waals surface area contributed by atoms with E-state index in [1.165, 1.54) is 51.4 Å². The second kappa shape index (κ2) is 6.64. The van der Waals surface area contributed by atoms with Gasteiger partial charge in [0.2, 0.25) is 0 Å². The molecule has 1 heteroatoms. The second-order valence-corrected chi connectivity index (χ2v) is 6.23. The zero-order valence-electron chi connectivity index (χ0n) is 11.8. The average Bonchev–Trinajstić information content (AvgIpc) is 2.40. The topological polar surface area (TPSA) is 12.0 Å². The van der Waals surface area contributed by atoms with Crippen LogP contribution < -0.4 is 5.32 Å². The van der Waals surface area contributed by atoms with Gasteiger partial charge in [-0.2, -0.15) is 0 Å². The molecule has 1 fully saturated rings. The third-order valence-electron chi connectivity index (χ3n) is 4.96. The largest absolute Gasteiger partial charge is 0.317 e. The predicted octanol–water partition coefficient (Wildman–Crippen LogP) is 4.37. The highest BCUT2D eigenvalue weighted by atomic mass is 14.9. The van der Waals surface area contributed by atoms with E-state index in [9.17, 15) is 0 Å². The minimum absolute atomic E-state index is 0.444. The van der Waals surface area contributed by atoms with Gasteiger partial charge in [0, 0.05) is 6.04 Å². The van der Waals surface area contributed by atoms with Crippen LogP contribution in [0.4, 0.5) is 0 Å². The van der Waals surface area contributed by atoms with Crippen LogP contribution in [-0.4, -0.2) is 13.1 Å². The van der Waals surface area contributed by atoms with E-state index in [-0.39, 0.29) is 0 Å². The van der Waals surface area contributed by atoms with E-state index < -0.39 is 0 Å². The van der Waals surface area contributed by atoms with Crippen LogP contribution in [-0.2, 0) is 0 Å². The summed E-state index contributed by atoms with van der Waals surface area (Å²) in [5, 5.41) is 3.45. The van der Waals surface area contributed by atoms with Gasteiger partial charge in [-0.15, -0.1) is 0 Å². The molecule has 1 saturated carbocycles. The molecule has 1 nitrogen and oxygen atoms in total. The molecule has 1 aliphatic carbocycles. The Kier molecular flexibility index (Phi) is 5.82. The minimum Gasteiger partial charge on any atom is -0.317 e. The highest BCUT2D eigenvalue weighted by Gasteiger charge is 2.33. The molecule has 16 heavy (non-hydrogen) atoms. The molecule has 0 bridgehead atoms. The summed E-state index contributed by atoms with van der Waals surface area (Å²) in [6, 6.07) is 0.623. The lowest BCUT2D eigenvalue weighted by atomic mass is 9.69. The second-order valence-electron chi connectivity index (χ2n) is 6.23.